The summed E-state index contributed by atoms with van der Waals surface area (Å²) in [5.74, 6) is -0.911. The summed E-state index contributed by atoms with van der Waals surface area (Å²) in [5.41, 5.74) is 9.44. The lowest BCUT2D eigenvalue weighted by Gasteiger charge is -2.27. The van der Waals surface area contributed by atoms with E-state index < -0.39 is 11.9 Å². The second-order valence-electron chi connectivity index (χ2n) is 8.47. The number of hydrazine groups is 1. The Labute approximate surface area is 225 Å². The van der Waals surface area contributed by atoms with Crippen molar-refractivity contribution in [3.05, 3.63) is 115 Å². The number of anilines is 3. The number of rotatable bonds is 14. The summed E-state index contributed by atoms with van der Waals surface area (Å²) in [6.45, 7) is 14.0. The average Bonchev–Trinajstić information content (AvgIpc) is 2.97. The molecule has 198 valence electrons. The van der Waals surface area contributed by atoms with Gasteiger partial charge in [-0.25, -0.2) is 15.0 Å². The van der Waals surface area contributed by atoms with Crippen LogP contribution in [0.2, 0.25) is 0 Å². The van der Waals surface area contributed by atoms with Gasteiger partial charge in [-0.3, -0.25) is 5.01 Å². The Hall–Kier alpha value is -4.36. The summed E-state index contributed by atoms with van der Waals surface area (Å²) in [4.78, 5) is 25.1. The Bertz CT molecular complexity index is 1130. The predicted octanol–water partition coefficient (Wildman–Crippen LogP) is 5.83. The van der Waals surface area contributed by atoms with Gasteiger partial charge in [0.05, 0.1) is 11.4 Å². The first-order chi connectivity index (χ1) is 18.5. The van der Waals surface area contributed by atoms with Crippen molar-refractivity contribution < 1.29 is 19.1 Å². The van der Waals surface area contributed by atoms with E-state index in [9.17, 15) is 9.59 Å². The lowest BCUT2D eigenvalue weighted by atomic mass is 10.1. The molecule has 3 rings (SSSR count). The largest absolute Gasteiger partial charge is 0.458 e. The number of hydrogen-bond acceptors (Lipinski definition) is 7. The smallest absolute Gasteiger partial charge is 0.330 e. The van der Waals surface area contributed by atoms with Crippen molar-refractivity contribution in [3.8, 4) is 0 Å². The maximum atomic E-state index is 11.4. The molecule has 0 amide bonds. The molecule has 0 aromatic heterocycles. The molecular formula is C31H35N3O4. The van der Waals surface area contributed by atoms with Crippen LogP contribution in [0.25, 0.3) is 0 Å². The maximum absolute atomic E-state index is 11.4. The molecule has 0 unspecified atom stereocenters. The summed E-state index contributed by atoms with van der Waals surface area (Å²) in [6, 6.07) is 24.1. The summed E-state index contributed by atoms with van der Waals surface area (Å²) >= 11 is 0. The Morgan fingerprint density at radius 2 is 1.08 bits per heavy atom. The highest BCUT2D eigenvalue weighted by atomic mass is 16.5. The van der Waals surface area contributed by atoms with Crippen LogP contribution in [0, 0.1) is 0 Å². The van der Waals surface area contributed by atoms with E-state index in [2.05, 4.69) is 61.6 Å². The number of hydrogen-bond donors (Lipinski definition) is 1. The molecule has 0 spiro atoms. The number of carbonyl (C=O) groups is 2. The summed E-state index contributed by atoms with van der Waals surface area (Å²) in [7, 11) is 0. The highest BCUT2D eigenvalue weighted by Gasteiger charge is 2.11. The third kappa shape index (κ3) is 8.08. The van der Waals surface area contributed by atoms with Gasteiger partial charge in [0, 0.05) is 37.5 Å². The van der Waals surface area contributed by atoms with Crippen molar-refractivity contribution in [2.45, 2.75) is 33.6 Å². The number of esters is 2. The number of ether oxygens (including phenoxy) is 2. The van der Waals surface area contributed by atoms with Crippen molar-refractivity contribution in [1.82, 2.24) is 5.43 Å². The van der Waals surface area contributed by atoms with Crippen LogP contribution in [-0.4, -0.2) is 25.0 Å². The van der Waals surface area contributed by atoms with E-state index in [4.69, 9.17) is 9.47 Å². The normalized spacial score (nSPS) is 10.4. The van der Waals surface area contributed by atoms with Crippen LogP contribution in [-0.2, 0) is 38.8 Å². The fourth-order valence-electron chi connectivity index (χ4n) is 3.82. The molecule has 0 saturated carbocycles. The number of carbonyl (C=O) groups excluding carboxylic acids is 2. The van der Waals surface area contributed by atoms with E-state index in [0.29, 0.717) is 6.54 Å². The monoisotopic (exact) mass is 513 g/mol. The molecule has 38 heavy (non-hydrogen) atoms. The average molecular weight is 514 g/mol. The second kappa shape index (κ2) is 14.4. The SMILES string of the molecule is C=CC(=O)OCc1ccc(N(NCc2ccc(N(CC)CC)cc2)c2ccc(COC(=O)C=C)cc2)cc1. The molecule has 7 heteroatoms. The summed E-state index contributed by atoms with van der Waals surface area (Å²) in [6.07, 6.45) is 2.30. The molecule has 3 aromatic rings. The molecule has 0 bridgehead atoms. The minimum absolute atomic E-state index is 0.176. The second-order valence-corrected chi connectivity index (χ2v) is 8.47. The zero-order valence-corrected chi connectivity index (χ0v) is 22.1. The third-order valence-electron chi connectivity index (χ3n) is 5.99. The number of nitrogens with one attached hydrogen (secondary N) is 1. The predicted molar refractivity (Wildman–Crippen MR) is 152 cm³/mol. The Balaban J connectivity index is 1.78. The molecule has 0 aliphatic heterocycles. The van der Waals surface area contributed by atoms with Crippen LogP contribution >= 0.6 is 0 Å². The minimum atomic E-state index is -0.455. The molecule has 3 aromatic carbocycles. The highest BCUT2D eigenvalue weighted by molar-refractivity contribution is 5.81. The molecular weight excluding hydrogens is 478 g/mol. The van der Waals surface area contributed by atoms with Crippen molar-refractivity contribution in [2.24, 2.45) is 0 Å². The molecule has 0 radical (unpaired) electrons. The van der Waals surface area contributed by atoms with Gasteiger partial charge in [-0.15, -0.1) is 0 Å². The molecule has 0 aliphatic carbocycles. The zero-order chi connectivity index (χ0) is 27.3. The molecule has 0 atom stereocenters. The molecule has 7 nitrogen and oxygen atoms in total. The standard InChI is InChI=1S/C31H35N3O4/c1-5-30(35)37-22-25-11-17-28(18-12-25)34(29-19-13-26(14-20-29)23-38-31(36)6-2)32-21-24-9-15-27(16-10-24)33(7-3)8-4/h5-6,9-20,32H,1-2,7-8,21-23H2,3-4H3. The van der Waals surface area contributed by atoms with Gasteiger partial charge in [0.15, 0.2) is 0 Å². The van der Waals surface area contributed by atoms with Crippen molar-refractivity contribution >= 4 is 29.0 Å². The van der Waals surface area contributed by atoms with Crippen LogP contribution in [0.3, 0.4) is 0 Å². The van der Waals surface area contributed by atoms with Gasteiger partial charge in [-0.1, -0.05) is 49.6 Å². The van der Waals surface area contributed by atoms with Crippen LogP contribution in [0.1, 0.15) is 30.5 Å². The molecule has 0 saturated heterocycles. The van der Waals surface area contributed by atoms with Crippen LogP contribution in [0.5, 0.6) is 0 Å². The van der Waals surface area contributed by atoms with E-state index in [1.807, 2.05) is 53.5 Å². The lowest BCUT2D eigenvalue weighted by Crippen LogP contribution is -2.33. The first-order valence-electron chi connectivity index (χ1n) is 12.6. The third-order valence-corrected chi connectivity index (χ3v) is 5.99. The Kier molecular flexibility index (Phi) is 10.7. The summed E-state index contributed by atoms with van der Waals surface area (Å²) in [5, 5.41) is 2.00. The van der Waals surface area contributed by atoms with E-state index in [-0.39, 0.29) is 13.2 Å². The van der Waals surface area contributed by atoms with Gasteiger partial charge in [0.2, 0.25) is 0 Å². The quantitative estimate of drug-likeness (QED) is 0.165. The fraction of sp³-hybridized carbons (Fsp3) is 0.226. The Morgan fingerprint density at radius 3 is 1.47 bits per heavy atom. The van der Waals surface area contributed by atoms with E-state index in [1.54, 1.807) is 0 Å². The van der Waals surface area contributed by atoms with E-state index in [1.165, 1.54) is 5.69 Å². The van der Waals surface area contributed by atoms with Gasteiger partial charge < -0.3 is 14.4 Å². The van der Waals surface area contributed by atoms with Crippen LogP contribution in [0.15, 0.2) is 98.1 Å². The molecule has 0 fully saturated rings. The van der Waals surface area contributed by atoms with Crippen LogP contribution in [0.4, 0.5) is 17.1 Å². The van der Waals surface area contributed by atoms with E-state index >= 15 is 0 Å². The maximum Gasteiger partial charge on any atom is 0.330 e. The first-order valence-corrected chi connectivity index (χ1v) is 12.6. The van der Waals surface area contributed by atoms with Crippen LogP contribution < -0.4 is 15.3 Å². The molecule has 0 heterocycles. The van der Waals surface area contributed by atoms with Gasteiger partial charge in [0.1, 0.15) is 13.2 Å². The zero-order valence-electron chi connectivity index (χ0n) is 22.1. The minimum Gasteiger partial charge on any atom is -0.458 e. The topological polar surface area (TPSA) is 71.1 Å². The van der Waals surface area contributed by atoms with Crippen molar-refractivity contribution in [1.29, 1.82) is 0 Å². The molecule has 1 N–H and O–H groups in total. The van der Waals surface area contributed by atoms with Gasteiger partial charge >= 0.3 is 11.9 Å². The molecule has 0 aliphatic rings. The van der Waals surface area contributed by atoms with Gasteiger partial charge in [-0.05, 0) is 66.9 Å². The number of benzene rings is 3. The Morgan fingerprint density at radius 1 is 0.684 bits per heavy atom. The lowest BCUT2D eigenvalue weighted by molar-refractivity contribution is -0.139. The van der Waals surface area contributed by atoms with Crippen molar-refractivity contribution in [3.63, 3.8) is 0 Å². The van der Waals surface area contributed by atoms with E-state index in [0.717, 1.165) is 53.3 Å². The van der Waals surface area contributed by atoms with Crippen molar-refractivity contribution in [2.75, 3.05) is 23.0 Å². The summed E-state index contributed by atoms with van der Waals surface area (Å²) < 4.78 is 10.3. The highest BCUT2D eigenvalue weighted by Crippen LogP contribution is 2.25. The fourth-order valence-corrected chi connectivity index (χ4v) is 3.82. The number of nitrogens with zero attached hydrogens (tertiary/aromatic N) is 2. The van der Waals surface area contributed by atoms with Gasteiger partial charge in [-0.2, -0.15) is 0 Å². The first kappa shape index (κ1) is 28.2. The van der Waals surface area contributed by atoms with Gasteiger partial charge in [0.25, 0.3) is 0 Å².